The number of ether oxygens (including phenoxy) is 1. The Bertz CT molecular complexity index is 1090. The molecule has 0 bridgehead atoms. The highest BCUT2D eigenvalue weighted by Crippen LogP contribution is 2.37. The van der Waals surface area contributed by atoms with Crippen LogP contribution in [0.25, 0.3) is 10.9 Å². The van der Waals surface area contributed by atoms with Crippen molar-refractivity contribution in [3.63, 3.8) is 0 Å². The molecule has 1 fully saturated rings. The maximum atomic E-state index is 14.8. The Morgan fingerprint density at radius 2 is 2.11 bits per heavy atom. The van der Waals surface area contributed by atoms with Crippen molar-refractivity contribution in [2.24, 2.45) is 0 Å². The Hall–Kier alpha value is -2.72. The molecule has 2 unspecified atom stereocenters. The van der Waals surface area contributed by atoms with Gasteiger partial charge in [-0.3, -0.25) is 4.21 Å². The zero-order valence-electron chi connectivity index (χ0n) is 14.3. The first kappa shape index (κ1) is 17.7. The molecule has 2 atom stereocenters. The van der Waals surface area contributed by atoms with Crippen LogP contribution < -0.4 is 4.74 Å². The predicted octanol–water partition coefficient (Wildman–Crippen LogP) is 4.56. The third kappa shape index (κ3) is 3.33. The van der Waals surface area contributed by atoms with Crippen LogP contribution >= 0.6 is 0 Å². The number of rotatable bonds is 4. The number of halogens is 2. The first-order valence-electron chi connectivity index (χ1n) is 8.60. The van der Waals surface area contributed by atoms with Gasteiger partial charge in [-0.2, -0.15) is 5.26 Å². The molecule has 7 heteroatoms. The van der Waals surface area contributed by atoms with E-state index in [9.17, 15) is 13.0 Å². The van der Waals surface area contributed by atoms with Gasteiger partial charge in [0.25, 0.3) is 0 Å². The number of hydrogen-bond acceptors (Lipinski definition) is 3. The Morgan fingerprint density at radius 3 is 2.85 bits per heavy atom. The van der Waals surface area contributed by atoms with Crippen LogP contribution in [0, 0.1) is 23.0 Å². The fraction of sp³-hybridized carbons (Fsp3) is 0.250. The number of aromatic amines is 1. The highest BCUT2D eigenvalue weighted by Gasteiger charge is 2.27. The van der Waals surface area contributed by atoms with E-state index < -0.39 is 22.4 Å². The smallest absolute Gasteiger partial charge is 0.168 e. The summed E-state index contributed by atoms with van der Waals surface area (Å²) >= 11 is 0. The monoisotopic (exact) mass is 386 g/mol. The molecule has 4 rings (SSSR count). The van der Waals surface area contributed by atoms with E-state index in [0.29, 0.717) is 23.3 Å². The second-order valence-corrected chi connectivity index (χ2v) is 8.35. The maximum absolute atomic E-state index is 14.8. The number of fused-ring (bicyclic) bond motifs is 1. The van der Waals surface area contributed by atoms with Gasteiger partial charge in [0.1, 0.15) is 17.6 Å². The number of nitrogens with one attached hydrogen (secondary N) is 1. The Balaban J connectivity index is 1.79. The number of nitrogens with zero attached hydrogens (tertiary/aromatic N) is 1. The number of benzene rings is 2. The molecule has 0 saturated carbocycles. The SMILES string of the molecule is N#Cc1cc(Oc2c(F)cc3[nH]ccc3c2CC2CCCS2=O)ccc1F. The van der Waals surface area contributed by atoms with Crippen LogP contribution in [0.3, 0.4) is 0 Å². The third-order valence-corrected chi connectivity index (χ3v) is 6.66. The van der Waals surface area contributed by atoms with Crippen molar-refractivity contribution in [1.29, 1.82) is 5.26 Å². The number of hydrogen-bond donors (Lipinski definition) is 1. The molecule has 3 aromatic rings. The molecule has 1 aliphatic heterocycles. The molecule has 27 heavy (non-hydrogen) atoms. The van der Waals surface area contributed by atoms with E-state index in [-0.39, 0.29) is 22.3 Å². The quantitative estimate of drug-likeness (QED) is 0.715. The molecule has 138 valence electrons. The van der Waals surface area contributed by atoms with Crippen molar-refractivity contribution >= 4 is 21.7 Å². The van der Waals surface area contributed by atoms with Gasteiger partial charge in [-0.1, -0.05) is 0 Å². The van der Waals surface area contributed by atoms with Crippen LogP contribution in [0.2, 0.25) is 0 Å². The van der Waals surface area contributed by atoms with E-state index in [2.05, 4.69) is 4.98 Å². The molecular formula is C20H16F2N2O2S. The molecule has 2 heterocycles. The van der Waals surface area contributed by atoms with Crippen molar-refractivity contribution in [3.8, 4) is 17.6 Å². The third-order valence-electron chi connectivity index (χ3n) is 4.82. The fourth-order valence-electron chi connectivity index (χ4n) is 3.48. The minimum atomic E-state index is -0.942. The highest BCUT2D eigenvalue weighted by atomic mass is 32.2. The van der Waals surface area contributed by atoms with Crippen LogP contribution in [0.15, 0.2) is 36.5 Å². The molecule has 1 aromatic heterocycles. The lowest BCUT2D eigenvalue weighted by Gasteiger charge is -2.16. The van der Waals surface area contributed by atoms with Gasteiger partial charge in [-0.15, -0.1) is 0 Å². The van der Waals surface area contributed by atoms with Gasteiger partial charge in [0, 0.05) is 56.6 Å². The summed E-state index contributed by atoms with van der Waals surface area (Å²) in [7, 11) is -0.942. The predicted molar refractivity (Wildman–Crippen MR) is 99.2 cm³/mol. The van der Waals surface area contributed by atoms with Gasteiger partial charge in [-0.25, -0.2) is 8.78 Å². The Morgan fingerprint density at radius 1 is 1.26 bits per heavy atom. The largest absolute Gasteiger partial charge is 0.454 e. The second-order valence-electron chi connectivity index (χ2n) is 6.51. The van der Waals surface area contributed by atoms with Crippen LogP contribution in [-0.2, 0) is 17.2 Å². The first-order chi connectivity index (χ1) is 13.1. The van der Waals surface area contributed by atoms with Crippen LogP contribution in [0.4, 0.5) is 8.78 Å². The van der Waals surface area contributed by atoms with Gasteiger partial charge >= 0.3 is 0 Å². The van der Waals surface area contributed by atoms with Crippen molar-refractivity contribution in [3.05, 3.63) is 59.3 Å². The normalized spacial score (nSPS) is 19.3. The van der Waals surface area contributed by atoms with Crippen LogP contribution in [-0.4, -0.2) is 20.2 Å². The average molecular weight is 386 g/mol. The lowest BCUT2D eigenvalue weighted by atomic mass is 10.0. The average Bonchev–Trinajstić information content (AvgIpc) is 3.28. The summed E-state index contributed by atoms with van der Waals surface area (Å²) in [5, 5.41) is 9.75. The van der Waals surface area contributed by atoms with Gasteiger partial charge in [0.15, 0.2) is 11.6 Å². The van der Waals surface area contributed by atoms with Gasteiger partial charge in [0.05, 0.1) is 5.56 Å². The summed E-state index contributed by atoms with van der Waals surface area (Å²) in [6.07, 6.45) is 3.86. The van der Waals surface area contributed by atoms with E-state index in [0.717, 1.165) is 24.3 Å². The Labute approximate surface area is 157 Å². The molecule has 1 aliphatic rings. The minimum Gasteiger partial charge on any atom is -0.454 e. The van der Waals surface area contributed by atoms with Crippen LogP contribution in [0.5, 0.6) is 11.5 Å². The van der Waals surface area contributed by atoms with Crippen molar-refractivity contribution in [2.75, 3.05) is 5.75 Å². The molecule has 0 radical (unpaired) electrons. The van der Waals surface area contributed by atoms with E-state index >= 15 is 0 Å². The molecule has 4 nitrogen and oxygen atoms in total. The number of H-pyrrole nitrogens is 1. The van der Waals surface area contributed by atoms with E-state index in [1.807, 2.05) is 6.07 Å². The van der Waals surface area contributed by atoms with Crippen molar-refractivity contribution < 1.29 is 17.7 Å². The van der Waals surface area contributed by atoms with Gasteiger partial charge < -0.3 is 9.72 Å². The molecule has 0 aliphatic carbocycles. The minimum absolute atomic E-state index is 0.0292. The number of aromatic nitrogens is 1. The van der Waals surface area contributed by atoms with E-state index in [4.69, 9.17) is 10.00 Å². The van der Waals surface area contributed by atoms with E-state index in [1.54, 1.807) is 12.3 Å². The van der Waals surface area contributed by atoms with E-state index in [1.165, 1.54) is 18.2 Å². The zero-order valence-corrected chi connectivity index (χ0v) is 15.1. The number of nitriles is 1. The lowest BCUT2D eigenvalue weighted by Crippen LogP contribution is -2.13. The summed E-state index contributed by atoms with van der Waals surface area (Å²) in [6.45, 7) is 0. The molecule has 0 spiro atoms. The van der Waals surface area contributed by atoms with Crippen LogP contribution in [0.1, 0.15) is 24.0 Å². The van der Waals surface area contributed by atoms with Gasteiger partial charge in [-0.05, 0) is 37.5 Å². The van der Waals surface area contributed by atoms with Crippen molar-refractivity contribution in [2.45, 2.75) is 24.5 Å². The van der Waals surface area contributed by atoms with Crippen molar-refractivity contribution in [1.82, 2.24) is 4.98 Å². The standard InChI is InChI=1S/C20H16F2N2O2S/c21-17-4-3-13(8-12(17)11-23)26-20-16(9-14-2-1-7-27(14)25)15-5-6-24-19(15)10-18(20)22/h3-6,8,10,14,24H,1-2,7,9H2. The molecule has 2 aromatic carbocycles. The molecule has 1 saturated heterocycles. The topological polar surface area (TPSA) is 65.9 Å². The fourth-order valence-corrected chi connectivity index (χ4v) is 5.05. The summed E-state index contributed by atoms with van der Waals surface area (Å²) in [4.78, 5) is 2.99. The van der Waals surface area contributed by atoms with Gasteiger partial charge in [0.2, 0.25) is 0 Å². The molecular weight excluding hydrogens is 370 g/mol. The first-order valence-corrected chi connectivity index (χ1v) is 9.98. The second kappa shape index (κ2) is 7.12. The molecule has 0 amide bonds. The summed E-state index contributed by atoms with van der Waals surface area (Å²) in [5.74, 6) is -0.354. The molecule has 1 N–H and O–H groups in total. The lowest BCUT2D eigenvalue weighted by molar-refractivity contribution is 0.436. The Kier molecular flexibility index (Phi) is 4.66. The summed E-state index contributed by atoms with van der Waals surface area (Å²) in [6, 6.07) is 8.64. The summed E-state index contributed by atoms with van der Waals surface area (Å²) < 4.78 is 46.3. The summed E-state index contributed by atoms with van der Waals surface area (Å²) in [5.41, 5.74) is 1.10. The zero-order chi connectivity index (χ0) is 19.0. The highest BCUT2D eigenvalue weighted by molar-refractivity contribution is 7.85. The maximum Gasteiger partial charge on any atom is 0.168 e.